The van der Waals surface area contributed by atoms with Crippen LogP contribution in [0.4, 0.5) is 0 Å². The number of hydrogen-bond acceptors (Lipinski definition) is 2. The van der Waals surface area contributed by atoms with Crippen LogP contribution in [0.15, 0.2) is 115 Å². The molecule has 180 valence electrons. The average Bonchev–Trinajstić information content (AvgIpc) is 3.53. The molecular weight excluding hydrogens is 529 g/mol. The average molecular weight is 556 g/mol. The van der Waals surface area contributed by atoms with E-state index in [4.69, 9.17) is 4.98 Å². The normalized spacial score (nSPS) is 17.2. The number of benzene rings is 4. The summed E-state index contributed by atoms with van der Waals surface area (Å²) in [7, 11) is 0. The number of likely N-dealkylation sites (tertiary alicyclic amines) is 1. The van der Waals surface area contributed by atoms with Gasteiger partial charge in [0.25, 0.3) is 0 Å². The van der Waals surface area contributed by atoms with E-state index in [0.29, 0.717) is 13.1 Å². The second kappa shape index (κ2) is 8.99. The van der Waals surface area contributed by atoms with Crippen molar-refractivity contribution in [2.45, 2.75) is 18.6 Å². The second-order valence-electron chi connectivity index (χ2n) is 9.35. The Bertz CT molecular complexity index is 1390. The molecule has 1 unspecified atom stereocenters. The predicted octanol–water partition coefficient (Wildman–Crippen LogP) is 5.50. The number of rotatable bonds is 6. The van der Waals surface area contributed by atoms with Crippen LogP contribution in [0.5, 0.6) is 0 Å². The van der Waals surface area contributed by atoms with Gasteiger partial charge in [0.05, 0.1) is 0 Å². The van der Waals surface area contributed by atoms with E-state index in [0.717, 1.165) is 23.3 Å². The van der Waals surface area contributed by atoms with Crippen LogP contribution >= 0.6 is 20.8 Å². The molecule has 5 aromatic rings. The van der Waals surface area contributed by atoms with Crippen molar-refractivity contribution < 1.29 is 4.79 Å². The fraction of sp³-hybridized carbons (Fsp3) is 0.133. The van der Waals surface area contributed by atoms with E-state index < -0.39 is 5.31 Å². The fourth-order valence-electron chi connectivity index (χ4n) is 5.74. The molecule has 2 heterocycles. The van der Waals surface area contributed by atoms with Crippen LogP contribution < -0.4 is 15.9 Å². The van der Waals surface area contributed by atoms with Gasteiger partial charge in [0.15, 0.2) is 0 Å². The molecule has 1 amide bonds. The zero-order valence-corrected chi connectivity index (χ0v) is 22.3. The summed E-state index contributed by atoms with van der Waals surface area (Å²) >= 11 is 4.49. The van der Waals surface area contributed by atoms with Crippen molar-refractivity contribution in [3.63, 3.8) is 0 Å². The van der Waals surface area contributed by atoms with E-state index >= 15 is 0 Å². The van der Waals surface area contributed by atoms with Gasteiger partial charge in [0, 0.05) is 0 Å². The molecule has 1 aliphatic heterocycles. The molecule has 6 rings (SSSR count). The van der Waals surface area contributed by atoms with Crippen LogP contribution in [0.3, 0.4) is 0 Å². The fourth-order valence-corrected chi connectivity index (χ4v) is 14.4. The topological polar surface area (TPSA) is 49.0 Å². The van der Waals surface area contributed by atoms with E-state index in [1.54, 1.807) is 0 Å². The summed E-state index contributed by atoms with van der Waals surface area (Å²) in [6.07, 6.45) is 0.765. The monoisotopic (exact) mass is 555 g/mol. The first-order valence-corrected chi connectivity index (χ1v) is 16.5. The van der Waals surface area contributed by atoms with Crippen molar-refractivity contribution in [2.24, 2.45) is 0 Å². The number of hydrogen-bond donors (Lipinski definition) is 1. The summed E-state index contributed by atoms with van der Waals surface area (Å²) in [6, 6.07) is 39.7. The number of aromatic amines is 1. The molecule has 4 nitrogen and oxygen atoms in total. The summed E-state index contributed by atoms with van der Waals surface area (Å²) in [5.74, 6) is 0.987. The number of imidazole rings is 1. The molecule has 4 aromatic carbocycles. The number of aromatic nitrogens is 2. The zero-order valence-electron chi connectivity index (χ0n) is 19.8. The molecular formula is C30H27BrN3OP. The Morgan fingerprint density at radius 3 is 1.81 bits per heavy atom. The third kappa shape index (κ3) is 3.45. The van der Waals surface area contributed by atoms with Gasteiger partial charge in [-0.3, -0.25) is 0 Å². The van der Waals surface area contributed by atoms with Gasteiger partial charge in [0.1, 0.15) is 0 Å². The predicted molar refractivity (Wildman–Crippen MR) is 154 cm³/mol. The van der Waals surface area contributed by atoms with Crippen molar-refractivity contribution >= 4 is 53.6 Å². The number of nitrogens with zero attached hydrogens (tertiary/aromatic N) is 2. The van der Waals surface area contributed by atoms with Gasteiger partial charge in [-0.1, -0.05) is 0 Å². The van der Waals surface area contributed by atoms with E-state index in [-0.39, 0.29) is 11.6 Å². The number of halogens is 1. The summed E-state index contributed by atoms with van der Waals surface area (Å²) in [5.41, 5.74) is 1.69. The Morgan fingerprint density at radius 2 is 1.28 bits per heavy atom. The number of H-pyrrole nitrogens is 1. The van der Waals surface area contributed by atoms with E-state index in [9.17, 15) is 4.79 Å². The molecule has 36 heavy (non-hydrogen) atoms. The molecule has 1 aliphatic rings. The number of fused-ring (bicyclic) bond motifs is 1. The SMILES string of the molecule is O=C1C(P(Br)(c2ccccc2)(c2ccccc2)c2ccccc2)CCN1Cc1nc2ccccc2[nH]1. The van der Waals surface area contributed by atoms with Crippen LogP contribution in [0.2, 0.25) is 0 Å². The summed E-state index contributed by atoms with van der Waals surface area (Å²) < 4.78 is 0. The van der Waals surface area contributed by atoms with Gasteiger partial charge in [-0.05, 0) is 0 Å². The summed E-state index contributed by atoms with van der Waals surface area (Å²) in [6.45, 7) is 1.17. The van der Waals surface area contributed by atoms with Gasteiger partial charge in [-0.25, -0.2) is 0 Å². The van der Waals surface area contributed by atoms with Crippen LogP contribution in [0.25, 0.3) is 11.0 Å². The van der Waals surface area contributed by atoms with E-state index in [1.807, 2.05) is 47.4 Å². The molecule has 0 spiro atoms. The van der Waals surface area contributed by atoms with Crippen molar-refractivity contribution in [1.82, 2.24) is 14.9 Å². The molecule has 1 N–H and O–H groups in total. The van der Waals surface area contributed by atoms with E-state index in [1.165, 1.54) is 15.9 Å². The molecule has 0 radical (unpaired) electrons. The van der Waals surface area contributed by atoms with Crippen molar-refractivity contribution in [2.75, 3.05) is 6.54 Å². The maximum absolute atomic E-state index is 14.4. The second-order valence-corrected chi connectivity index (χ2v) is 18.1. The Labute approximate surface area is 219 Å². The number of para-hydroxylation sites is 2. The van der Waals surface area contributed by atoms with Crippen molar-refractivity contribution in [1.29, 1.82) is 0 Å². The number of amides is 1. The molecule has 0 aliphatic carbocycles. The van der Waals surface area contributed by atoms with E-state index in [2.05, 4.69) is 93.3 Å². The molecule has 6 heteroatoms. The van der Waals surface area contributed by atoms with Crippen molar-refractivity contribution in [3.05, 3.63) is 121 Å². The summed E-state index contributed by atoms with van der Waals surface area (Å²) in [5, 5.41) is 0.133. The van der Waals surface area contributed by atoms with Gasteiger partial charge in [-0.2, -0.15) is 0 Å². The number of nitrogens with one attached hydrogen (secondary N) is 1. The van der Waals surface area contributed by atoms with Gasteiger partial charge in [0.2, 0.25) is 0 Å². The van der Waals surface area contributed by atoms with Crippen LogP contribution in [0.1, 0.15) is 12.2 Å². The van der Waals surface area contributed by atoms with Crippen LogP contribution in [-0.4, -0.2) is 33.0 Å². The molecule has 0 saturated carbocycles. The minimum absolute atomic E-state index is 0.168. The van der Waals surface area contributed by atoms with Crippen molar-refractivity contribution in [3.8, 4) is 0 Å². The first-order valence-electron chi connectivity index (χ1n) is 12.2. The first-order chi connectivity index (χ1) is 17.6. The minimum atomic E-state index is -3.38. The van der Waals surface area contributed by atoms with Gasteiger partial charge in [-0.15, -0.1) is 0 Å². The molecule has 1 aromatic heterocycles. The van der Waals surface area contributed by atoms with Gasteiger partial charge >= 0.3 is 220 Å². The number of carbonyl (C=O) groups is 1. The van der Waals surface area contributed by atoms with Crippen LogP contribution in [0, 0.1) is 0 Å². The Kier molecular flexibility index (Phi) is 5.78. The first kappa shape index (κ1) is 23.1. The summed E-state index contributed by atoms with van der Waals surface area (Å²) in [4.78, 5) is 24.5. The van der Waals surface area contributed by atoms with Gasteiger partial charge < -0.3 is 0 Å². The number of carbonyl (C=O) groups excluding carboxylic acids is 1. The Hall–Kier alpha value is -3.27. The molecule has 0 bridgehead atoms. The molecule has 1 saturated heterocycles. The van der Waals surface area contributed by atoms with Crippen LogP contribution in [-0.2, 0) is 11.3 Å². The Balaban J connectivity index is 1.50. The zero-order chi connectivity index (χ0) is 24.6. The quantitative estimate of drug-likeness (QED) is 0.281. The standard InChI is InChI=1S/C30H27BrN3OP/c31-36(23-12-4-1-5-13-23,24-14-6-2-7-15-24,25-16-8-3-9-17-25)28-20-21-34(30(28)35)22-29-32-26-18-10-11-19-27(26)33-29/h1-19,28H,20-22H2,(H,32,33). The molecule has 1 atom stereocenters. The maximum atomic E-state index is 14.4. The third-order valence-corrected chi connectivity index (χ3v) is 18.2. The Morgan fingerprint density at radius 1 is 0.778 bits per heavy atom. The molecule has 1 fully saturated rings. The third-order valence-electron chi connectivity index (χ3n) is 7.42.